The van der Waals surface area contributed by atoms with Crippen LogP contribution >= 0.6 is 0 Å². The number of nitrogens with two attached hydrogens (primary N) is 1. The highest BCUT2D eigenvalue weighted by molar-refractivity contribution is 5.85. The van der Waals surface area contributed by atoms with Gasteiger partial charge in [-0.3, -0.25) is 14.5 Å². The van der Waals surface area contributed by atoms with E-state index in [-0.39, 0.29) is 25.4 Å². The van der Waals surface area contributed by atoms with Gasteiger partial charge in [0.15, 0.2) is 0 Å². The number of carbonyl (C=O) groups excluding carboxylic acids is 2. The number of hydrogen-bond donors (Lipinski definition) is 2. The molecule has 7 heteroatoms. The third-order valence-electron chi connectivity index (χ3n) is 9.74. The average molecular weight is 517 g/mol. The van der Waals surface area contributed by atoms with E-state index in [1.54, 1.807) is 0 Å². The molecule has 7 nitrogen and oxygen atoms in total. The summed E-state index contributed by atoms with van der Waals surface area (Å²) in [5.41, 5.74) is 10.3. The molecule has 0 heterocycles. The summed E-state index contributed by atoms with van der Waals surface area (Å²) < 4.78 is 5.97. The van der Waals surface area contributed by atoms with E-state index in [2.05, 4.69) is 24.3 Å². The van der Waals surface area contributed by atoms with E-state index < -0.39 is 24.0 Å². The van der Waals surface area contributed by atoms with Crippen molar-refractivity contribution in [2.45, 2.75) is 56.9 Å². The third kappa shape index (κ3) is 4.56. The van der Waals surface area contributed by atoms with Gasteiger partial charge in [0.25, 0.3) is 0 Å². The van der Waals surface area contributed by atoms with Crippen molar-refractivity contribution < 1.29 is 24.2 Å². The lowest BCUT2D eigenvalue weighted by atomic mass is 9.52. The van der Waals surface area contributed by atoms with Gasteiger partial charge in [0, 0.05) is 18.9 Å². The van der Waals surface area contributed by atoms with Crippen LogP contribution in [-0.2, 0) is 14.3 Å². The fourth-order valence-electron chi connectivity index (χ4n) is 8.28. The first-order chi connectivity index (χ1) is 18.4. The molecule has 0 aliphatic heterocycles. The zero-order chi connectivity index (χ0) is 26.4. The Morgan fingerprint density at radius 3 is 1.97 bits per heavy atom. The van der Waals surface area contributed by atoms with Crippen LogP contribution in [0.15, 0.2) is 48.5 Å². The summed E-state index contributed by atoms with van der Waals surface area (Å²) in [5.74, 6) is 1.18. The number of carboxylic acids is 1. The summed E-state index contributed by atoms with van der Waals surface area (Å²) in [7, 11) is 0. The predicted molar refractivity (Wildman–Crippen MR) is 142 cm³/mol. The van der Waals surface area contributed by atoms with E-state index in [4.69, 9.17) is 10.5 Å². The van der Waals surface area contributed by atoms with Crippen LogP contribution in [0, 0.1) is 29.6 Å². The molecule has 38 heavy (non-hydrogen) atoms. The van der Waals surface area contributed by atoms with E-state index in [0.29, 0.717) is 24.3 Å². The van der Waals surface area contributed by atoms with Gasteiger partial charge in [0.1, 0.15) is 12.6 Å². The maximum Gasteiger partial charge on any atom is 0.410 e. The monoisotopic (exact) mass is 516 g/mol. The molecule has 1 atom stereocenters. The van der Waals surface area contributed by atoms with Crippen molar-refractivity contribution >= 4 is 18.0 Å². The van der Waals surface area contributed by atoms with Crippen LogP contribution in [-0.4, -0.2) is 47.2 Å². The Bertz CT molecular complexity index is 1170. The van der Waals surface area contributed by atoms with Crippen LogP contribution < -0.4 is 5.73 Å². The second-order valence-electron chi connectivity index (χ2n) is 11.9. The summed E-state index contributed by atoms with van der Waals surface area (Å²) in [6, 6.07) is 15.3. The molecule has 4 fully saturated rings. The molecule has 2 aromatic rings. The van der Waals surface area contributed by atoms with Crippen molar-refractivity contribution in [1.82, 2.24) is 4.90 Å². The van der Waals surface area contributed by atoms with Gasteiger partial charge in [0.2, 0.25) is 5.91 Å². The predicted octanol–water partition coefficient (Wildman–Crippen LogP) is 5.03. The molecule has 0 spiro atoms. The van der Waals surface area contributed by atoms with Crippen LogP contribution in [0.5, 0.6) is 0 Å². The molecule has 0 radical (unpaired) electrons. The van der Waals surface area contributed by atoms with Crippen molar-refractivity contribution in [2.75, 3.05) is 13.2 Å². The Morgan fingerprint density at radius 1 is 0.895 bits per heavy atom. The SMILES string of the molecule is NC(=O)[C@H](CCC(=O)O)N(CC1C2CC3CC(C2)CC1C3)C(=O)OCC1c2ccccc2-c2ccccc21. The second kappa shape index (κ2) is 10.1. The summed E-state index contributed by atoms with van der Waals surface area (Å²) in [5, 5.41) is 9.30. The number of nitrogens with zero attached hydrogens (tertiary/aromatic N) is 1. The first-order valence-corrected chi connectivity index (χ1v) is 14.0. The fourth-order valence-corrected chi connectivity index (χ4v) is 8.28. The van der Waals surface area contributed by atoms with Gasteiger partial charge in [0.05, 0.1) is 0 Å². The Labute approximate surface area is 223 Å². The minimum atomic E-state index is -1.02. The summed E-state index contributed by atoms with van der Waals surface area (Å²) in [4.78, 5) is 39.1. The van der Waals surface area contributed by atoms with Crippen LogP contribution in [0.25, 0.3) is 11.1 Å². The third-order valence-corrected chi connectivity index (χ3v) is 9.74. The highest BCUT2D eigenvalue weighted by Crippen LogP contribution is 2.56. The molecule has 200 valence electrons. The maximum atomic E-state index is 13.7. The van der Waals surface area contributed by atoms with Gasteiger partial charge < -0.3 is 15.6 Å². The Morgan fingerprint density at radius 2 is 1.45 bits per heavy atom. The van der Waals surface area contributed by atoms with E-state index in [1.165, 1.54) is 37.0 Å². The van der Waals surface area contributed by atoms with Crippen molar-refractivity contribution in [3.8, 4) is 11.1 Å². The molecule has 0 unspecified atom stereocenters. The zero-order valence-corrected chi connectivity index (χ0v) is 21.6. The van der Waals surface area contributed by atoms with Crippen LogP contribution in [0.3, 0.4) is 0 Å². The number of benzene rings is 2. The Kier molecular flexibility index (Phi) is 6.62. The molecule has 0 saturated heterocycles. The number of ether oxygens (including phenoxy) is 1. The smallest absolute Gasteiger partial charge is 0.410 e. The van der Waals surface area contributed by atoms with Gasteiger partial charge in [-0.2, -0.15) is 0 Å². The number of aliphatic carboxylic acids is 1. The lowest BCUT2D eigenvalue weighted by Crippen LogP contribution is -2.55. The number of amides is 2. The van der Waals surface area contributed by atoms with Gasteiger partial charge in [-0.15, -0.1) is 0 Å². The van der Waals surface area contributed by atoms with Crippen molar-refractivity contribution in [3.05, 3.63) is 59.7 Å². The molecule has 2 amide bonds. The van der Waals surface area contributed by atoms with Gasteiger partial charge >= 0.3 is 12.1 Å². The number of primary amides is 1. The number of rotatable bonds is 9. The quantitative estimate of drug-likeness (QED) is 0.486. The van der Waals surface area contributed by atoms with Crippen molar-refractivity contribution in [3.63, 3.8) is 0 Å². The minimum absolute atomic E-state index is 0.0117. The maximum absolute atomic E-state index is 13.7. The Hall–Kier alpha value is -3.35. The molecule has 7 rings (SSSR count). The van der Waals surface area contributed by atoms with Crippen LogP contribution in [0.2, 0.25) is 0 Å². The zero-order valence-electron chi connectivity index (χ0n) is 21.6. The summed E-state index contributed by atoms with van der Waals surface area (Å²) >= 11 is 0. The van der Waals surface area contributed by atoms with Crippen molar-refractivity contribution in [2.24, 2.45) is 35.3 Å². The minimum Gasteiger partial charge on any atom is -0.481 e. The first kappa shape index (κ1) is 25.0. The van der Waals surface area contributed by atoms with E-state index in [1.807, 2.05) is 24.3 Å². The lowest BCUT2D eigenvalue weighted by Gasteiger charge is -2.55. The fraction of sp³-hybridized carbons (Fsp3) is 0.516. The van der Waals surface area contributed by atoms with Crippen LogP contribution in [0.1, 0.15) is 62.0 Å². The highest BCUT2D eigenvalue weighted by Gasteiger charge is 2.49. The van der Waals surface area contributed by atoms with E-state index in [9.17, 15) is 19.5 Å². The largest absolute Gasteiger partial charge is 0.481 e. The number of fused-ring (bicyclic) bond motifs is 3. The number of carbonyl (C=O) groups is 3. The first-order valence-electron chi connectivity index (χ1n) is 14.0. The van der Waals surface area contributed by atoms with E-state index in [0.717, 1.165) is 34.1 Å². The molecule has 4 bridgehead atoms. The molecular weight excluding hydrogens is 480 g/mol. The van der Waals surface area contributed by atoms with Gasteiger partial charge in [-0.05, 0) is 90.4 Å². The molecule has 2 aromatic carbocycles. The highest BCUT2D eigenvalue weighted by atomic mass is 16.6. The summed E-state index contributed by atoms with van der Waals surface area (Å²) in [6.45, 7) is 0.550. The number of hydrogen-bond acceptors (Lipinski definition) is 4. The van der Waals surface area contributed by atoms with Crippen molar-refractivity contribution in [1.29, 1.82) is 0 Å². The van der Waals surface area contributed by atoms with Crippen LogP contribution in [0.4, 0.5) is 4.79 Å². The molecule has 3 N–H and O–H groups in total. The van der Waals surface area contributed by atoms with E-state index >= 15 is 0 Å². The summed E-state index contributed by atoms with van der Waals surface area (Å²) in [6.07, 6.45) is 5.26. The molecule has 5 aliphatic rings. The van der Waals surface area contributed by atoms with Gasteiger partial charge in [-0.25, -0.2) is 4.79 Å². The second-order valence-corrected chi connectivity index (χ2v) is 11.9. The standard InChI is InChI=1S/C31H36N2O5/c32-30(36)28(9-10-29(34)35)33(16-26-20-12-18-11-19(14-20)15-21(26)13-18)31(37)38-17-27-24-7-3-1-5-22(24)23-6-2-4-8-25(23)27/h1-8,18-21,26-28H,9-17H2,(H2,32,36)(H,34,35)/t18?,19?,20?,21?,26?,28-/m0/s1. The average Bonchev–Trinajstić information content (AvgIpc) is 3.21. The Balaban J connectivity index is 1.23. The molecule has 4 saturated carbocycles. The topological polar surface area (TPSA) is 110 Å². The molecule has 0 aromatic heterocycles. The molecule has 5 aliphatic carbocycles. The van der Waals surface area contributed by atoms with Gasteiger partial charge in [-0.1, -0.05) is 48.5 Å². The molecular formula is C31H36N2O5. The normalized spacial score (nSPS) is 27.4. The number of carboxylic acid groups (broad SMARTS) is 1. The lowest BCUT2D eigenvalue weighted by molar-refractivity contribution is -0.137.